The Labute approximate surface area is 184 Å². The quantitative estimate of drug-likeness (QED) is 0.459. The molecule has 4 amide bonds. The van der Waals surface area contributed by atoms with E-state index in [1.165, 1.54) is 6.07 Å². The molecule has 10 nitrogen and oxygen atoms in total. The number of piperidine rings is 1. The lowest BCUT2D eigenvalue weighted by Gasteiger charge is -2.32. The van der Waals surface area contributed by atoms with Crippen LogP contribution in [0.15, 0.2) is 18.2 Å². The van der Waals surface area contributed by atoms with E-state index < -0.39 is 35.6 Å². The molecule has 0 bridgehead atoms. The predicted octanol–water partition coefficient (Wildman–Crippen LogP) is -0.858. The molecule has 166 valence electrons. The number of nitrogens with one attached hydrogen (secondary N) is 1. The molecule has 0 spiro atoms. The molecule has 2 saturated heterocycles. The molecule has 3 aliphatic rings. The maximum Gasteiger partial charge on any atom is 0.317 e. The Kier molecular flexibility index (Phi) is 6.03. The highest BCUT2D eigenvalue weighted by atomic mass is 16.4. The third-order valence-electron chi connectivity index (χ3n) is 5.82. The number of piperazine rings is 1. The molecule has 1 aromatic carbocycles. The second-order valence-corrected chi connectivity index (χ2v) is 7.92. The Morgan fingerprint density at radius 1 is 1.06 bits per heavy atom. The maximum atomic E-state index is 13.1. The summed E-state index contributed by atoms with van der Waals surface area (Å²) >= 11 is 0. The summed E-state index contributed by atoms with van der Waals surface area (Å²) in [6, 6.07) is 3.83. The average Bonchev–Trinajstić information content (AvgIpc) is 3.00. The summed E-state index contributed by atoms with van der Waals surface area (Å²) in [7, 11) is 0. The van der Waals surface area contributed by atoms with Gasteiger partial charge in [-0.15, -0.1) is 0 Å². The fourth-order valence-electron chi connectivity index (χ4n) is 4.16. The number of fused-ring (bicyclic) bond motifs is 1. The van der Waals surface area contributed by atoms with Gasteiger partial charge >= 0.3 is 5.97 Å². The number of aliphatic carboxylic acids is 1. The number of rotatable bonds is 4. The predicted molar refractivity (Wildman–Crippen MR) is 111 cm³/mol. The fraction of sp³-hybridized carbons (Fsp3) is 0.409. The summed E-state index contributed by atoms with van der Waals surface area (Å²) in [6.07, 6.45) is 0.168. The van der Waals surface area contributed by atoms with Gasteiger partial charge in [0.1, 0.15) is 6.04 Å². The highest BCUT2D eigenvalue weighted by molar-refractivity contribution is 6.24. The van der Waals surface area contributed by atoms with Crippen LogP contribution in [-0.2, 0) is 14.4 Å². The largest absolute Gasteiger partial charge is 0.480 e. The Hall–Kier alpha value is -3.55. The zero-order valence-electron chi connectivity index (χ0n) is 17.3. The van der Waals surface area contributed by atoms with Gasteiger partial charge in [-0.2, -0.15) is 0 Å². The Bertz CT molecular complexity index is 1060. The van der Waals surface area contributed by atoms with E-state index in [-0.39, 0.29) is 30.5 Å². The molecular formula is C22H22N4O6. The Morgan fingerprint density at radius 3 is 2.47 bits per heavy atom. The Morgan fingerprint density at radius 2 is 1.78 bits per heavy atom. The smallest absolute Gasteiger partial charge is 0.317 e. The Balaban J connectivity index is 1.46. The van der Waals surface area contributed by atoms with Crippen LogP contribution in [0.3, 0.4) is 0 Å². The fourth-order valence-corrected chi connectivity index (χ4v) is 4.16. The van der Waals surface area contributed by atoms with Crippen LogP contribution in [0.5, 0.6) is 0 Å². The number of amides is 4. The van der Waals surface area contributed by atoms with Crippen molar-refractivity contribution in [2.75, 3.05) is 39.3 Å². The number of carbonyl (C=O) groups is 5. The first kappa shape index (κ1) is 21.7. The van der Waals surface area contributed by atoms with Crippen molar-refractivity contribution in [3.05, 3.63) is 34.9 Å². The van der Waals surface area contributed by atoms with Gasteiger partial charge in [0.2, 0.25) is 11.8 Å². The lowest BCUT2D eigenvalue weighted by molar-refractivity contribution is -0.139. The van der Waals surface area contributed by atoms with E-state index in [4.69, 9.17) is 5.11 Å². The van der Waals surface area contributed by atoms with E-state index in [0.717, 1.165) is 4.90 Å². The minimum Gasteiger partial charge on any atom is -0.480 e. The summed E-state index contributed by atoms with van der Waals surface area (Å²) < 4.78 is 0. The lowest BCUT2D eigenvalue weighted by atomic mass is 10.0. The zero-order chi connectivity index (χ0) is 22.8. The van der Waals surface area contributed by atoms with E-state index in [0.29, 0.717) is 38.3 Å². The molecule has 1 aromatic rings. The molecule has 1 atom stereocenters. The van der Waals surface area contributed by atoms with Crippen LogP contribution in [0.1, 0.15) is 39.1 Å². The van der Waals surface area contributed by atoms with E-state index in [1.54, 1.807) is 12.1 Å². The van der Waals surface area contributed by atoms with E-state index in [9.17, 15) is 24.0 Å². The van der Waals surface area contributed by atoms with Gasteiger partial charge < -0.3 is 5.11 Å². The van der Waals surface area contributed by atoms with Gasteiger partial charge in [0.15, 0.2) is 0 Å². The topological polar surface area (TPSA) is 127 Å². The summed E-state index contributed by atoms with van der Waals surface area (Å²) in [5, 5.41) is 11.1. The molecular weight excluding hydrogens is 416 g/mol. The van der Waals surface area contributed by atoms with Crippen molar-refractivity contribution in [2.24, 2.45) is 0 Å². The lowest BCUT2D eigenvalue weighted by Crippen LogP contribution is -2.54. The van der Waals surface area contributed by atoms with E-state index >= 15 is 0 Å². The molecule has 3 heterocycles. The van der Waals surface area contributed by atoms with Crippen LogP contribution in [0.4, 0.5) is 0 Å². The molecule has 2 fully saturated rings. The molecule has 0 radical (unpaired) electrons. The molecule has 3 aliphatic heterocycles. The van der Waals surface area contributed by atoms with Crippen molar-refractivity contribution in [1.29, 1.82) is 0 Å². The minimum atomic E-state index is -1.01. The van der Waals surface area contributed by atoms with Crippen molar-refractivity contribution in [3.63, 3.8) is 0 Å². The zero-order valence-corrected chi connectivity index (χ0v) is 17.3. The SMILES string of the molecule is O=C(O)CN1CCN(CC#Cc2cccc3c2C(=O)N(C2CCC(=O)NC2=O)C3=O)CC1. The number of hydrogen-bond donors (Lipinski definition) is 2. The molecule has 32 heavy (non-hydrogen) atoms. The molecule has 1 unspecified atom stereocenters. The standard InChI is InChI=1S/C22H22N4O6/c27-17-7-6-16(20(30)23-17)26-21(31)15-5-1-3-14(19(15)22(26)32)4-2-8-24-9-11-25(12-10-24)13-18(28)29/h1,3,5,16H,6-13H2,(H,28,29)(H,23,27,30). The maximum absolute atomic E-state index is 13.1. The monoisotopic (exact) mass is 438 g/mol. The second-order valence-electron chi connectivity index (χ2n) is 7.92. The average molecular weight is 438 g/mol. The highest BCUT2D eigenvalue weighted by Crippen LogP contribution is 2.29. The normalized spacial score (nSPS) is 21.8. The van der Waals surface area contributed by atoms with Gasteiger partial charge in [0.25, 0.3) is 11.8 Å². The highest BCUT2D eigenvalue weighted by Gasteiger charge is 2.45. The van der Waals surface area contributed by atoms with Crippen LogP contribution in [0, 0.1) is 11.8 Å². The molecule has 10 heteroatoms. The molecule has 4 rings (SSSR count). The van der Waals surface area contributed by atoms with Crippen molar-refractivity contribution < 1.29 is 29.1 Å². The van der Waals surface area contributed by atoms with E-state index in [2.05, 4.69) is 22.1 Å². The minimum absolute atomic E-state index is 0.0233. The third-order valence-corrected chi connectivity index (χ3v) is 5.82. The van der Waals surface area contributed by atoms with Crippen LogP contribution >= 0.6 is 0 Å². The first-order valence-electron chi connectivity index (χ1n) is 10.3. The molecule has 0 saturated carbocycles. The second kappa shape index (κ2) is 8.90. The van der Waals surface area contributed by atoms with Gasteiger partial charge in [0, 0.05) is 38.2 Å². The van der Waals surface area contributed by atoms with Gasteiger partial charge in [-0.25, -0.2) is 0 Å². The molecule has 2 N–H and O–H groups in total. The van der Waals surface area contributed by atoms with Gasteiger partial charge in [-0.3, -0.25) is 44.0 Å². The van der Waals surface area contributed by atoms with Crippen LogP contribution in [-0.4, -0.2) is 94.7 Å². The van der Waals surface area contributed by atoms with Crippen LogP contribution in [0.2, 0.25) is 0 Å². The number of imide groups is 2. The van der Waals surface area contributed by atoms with E-state index in [1.807, 2.05) is 4.90 Å². The first-order chi connectivity index (χ1) is 15.3. The first-order valence-corrected chi connectivity index (χ1v) is 10.3. The number of hydrogen-bond acceptors (Lipinski definition) is 7. The number of carboxylic acids is 1. The van der Waals surface area contributed by atoms with Crippen molar-refractivity contribution in [2.45, 2.75) is 18.9 Å². The summed E-state index contributed by atoms with van der Waals surface area (Å²) in [4.78, 5) is 65.2. The van der Waals surface area contributed by atoms with Crippen molar-refractivity contribution >= 4 is 29.6 Å². The third kappa shape index (κ3) is 4.26. The number of carboxylic acid groups (broad SMARTS) is 1. The van der Waals surface area contributed by atoms with Crippen LogP contribution < -0.4 is 5.32 Å². The number of benzene rings is 1. The molecule has 0 aliphatic carbocycles. The summed E-state index contributed by atoms with van der Waals surface area (Å²) in [6.45, 7) is 3.13. The van der Waals surface area contributed by atoms with Crippen LogP contribution in [0.25, 0.3) is 0 Å². The van der Waals surface area contributed by atoms with Gasteiger partial charge in [-0.1, -0.05) is 17.9 Å². The van der Waals surface area contributed by atoms with Crippen molar-refractivity contribution in [1.82, 2.24) is 20.0 Å². The summed E-state index contributed by atoms with van der Waals surface area (Å²) in [5.41, 5.74) is 0.801. The number of carbonyl (C=O) groups excluding carboxylic acids is 4. The van der Waals surface area contributed by atoms with Crippen molar-refractivity contribution in [3.8, 4) is 11.8 Å². The summed E-state index contributed by atoms with van der Waals surface area (Å²) in [5.74, 6) is 2.96. The van der Waals surface area contributed by atoms with Gasteiger partial charge in [-0.05, 0) is 18.6 Å². The molecule has 0 aromatic heterocycles. The number of nitrogens with zero attached hydrogens (tertiary/aromatic N) is 3. The van der Waals surface area contributed by atoms with Gasteiger partial charge in [0.05, 0.1) is 24.2 Å².